The predicted octanol–water partition coefficient (Wildman–Crippen LogP) is 3.25. The summed E-state index contributed by atoms with van der Waals surface area (Å²) < 4.78 is 5.36. The molecule has 21 heavy (non-hydrogen) atoms. The van der Waals surface area contributed by atoms with Gasteiger partial charge in [-0.3, -0.25) is 0 Å². The zero-order valence-electron chi connectivity index (χ0n) is 12.6. The van der Waals surface area contributed by atoms with Gasteiger partial charge in [0.2, 0.25) is 0 Å². The second kappa shape index (κ2) is 8.26. The van der Waals surface area contributed by atoms with Crippen molar-refractivity contribution in [3.63, 3.8) is 0 Å². The molecule has 2 rings (SSSR count). The maximum atomic E-state index is 5.36. The van der Waals surface area contributed by atoms with Crippen molar-refractivity contribution in [2.45, 2.75) is 6.92 Å². The Labute approximate surface area is 127 Å². The molecule has 0 fully saturated rings. The molecule has 0 saturated heterocycles. The minimum Gasteiger partial charge on any atom is -0.367 e. The Morgan fingerprint density at radius 2 is 1.57 bits per heavy atom. The molecule has 0 aromatic heterocycles. The van der Waals surface area contributed by atoms with Crippen LogP contribution in [0.3, 0.4) is 0 Å². The molecule has 0 saturated carbocycles. The van der Waals surface area contributed by atoms with Gasteiger partial charge in [-0.2, -0.15) is 0 Å². The van der Waals surface area contributed by atoms with Crippen LogP contribution in [0.1, 0.15) is 11.1 Å². The van der Waals surface area contributed by atoms with E-state index in [1.165, 1.54) is 16.7 Å². The monoisotopic (exact) mass is 279 g/mol. The third kappa shape index (κ3) is 5.07. The van der Waals surface area contributed by atoms with Crippen molar-refractivity contribution in [2.75, 3.05) is 26.8 Å². The lowest BCUT2D eigenvalue weighted by Gasteiger charge is -2.02. The number of benzene rings is 2. The van der Waals surface area contributed by atoms with Crippen molar-refractivity contribution >= 4 is 0 Å². The highest BCUT2D eigenvalue weighted by atomic mass is 16.5. The van der Waals surface area contributed by atoms with Gasteiger partial charge in [0.25, 0.3) is 0 Å². The average Bonchev–Trinajstić information content (AvgIpc) is 2.52. The molecule has 108 valence electrons. The number of hydrogen-bond acceptors (Lipinski definition) is 2. The fourth-order valence-electron chi connectivity index (χ4n) is 1.93. The highest BCUT2D eigenvalue weighted by Crippen LogP contribution is 2.19. The van der Waals surface area contributed by atoms with Crippen LogP contribution in [0.25, 0.3) is 11.1 Å². The van der Waals surface area contributed by atoms with Crippen molar-refractivity contribution in [2.24, 2.45) is 0 Å². The van der Waals surface area contributed by atoms with Crippen molar-refractivity contribution in [3.8, 4) is 23.0 Å². The third-order valence-electron chi connectivity index (χ3n) is 3.17. The topological polar surface area (TPSA) is 21.3 Å². The molecule has 2 heteroatoms. The van der Waals surface area contributed by atoms with Gasteiger partial charge in [-0.15, -0.1) is 0 Å². The summed E-state index contributed by atoms with van der Waals surface area (Å²) in [5, 5.41) is 3.03. The highest BCUT2D eigenvalue weighted by Gasteiger charge is 1.96. The standard InChI is InChI=1S/C19H21NO/c1-16-5-9-18(10-6-16)19-11-7-17(8-12-19)4-3-14-21-15-13-20-2/h5-12,20H,13-15H2,1-2H3. The summed E-state index contributed by atoms with van der Waals surface area (Å²) in [6.45, 7) is 4.12. The summed E-state index contributed by atoms with van der Waals surface area (Å²) in [7, 11) is 1.91. The van der Waals surface area contributed by atoms with E-state index in [0.29, 0.717) is 13.2 Å². The second-order valence-corrected chi connectivity index (χ2v) is 4.90. The lowest BCUT2D eigenvalue weighted by atomic mass is 10.0. The molecule has 0 spiro atoms. The van der Waals surface area contributed by atoms with Gasteiger partial charge >= 0.3 is 0 Å². The molecule has 0 radical (unpaired) electrons. The maximum Gasteiger partial charge on any atom is 0.108 e. The van der Waals surface area contributed by atoms with Crippen LogP contribution in [-0.2, 0) is 4.74 Å². The average molecular weight is 279 g/mol. The van der Waals surface area contributed by atoms with Gasteiger partial charge in [0, 0.05) is 12.1 Å². The third-order valence-corrected chi connectivity index (χ3v) is 3.17. The molecule has 2 aromatic carbocycles. The Morgan fingerprint density at radius 3 is 2.19 bits per heavy atom. The molecule has 2 aromatic rings. The van der Waals surface area contributed by atoms with Gasteiger partial charge in [-0.05, 0) is 37.2 Å². The van der Waals surface area contributed by atoms with E-state index >= 15 is 0 Å². The van der Waals surface area contributed by atoms with Crippen molar-refractivity contribution < 1.29 is 4.74 Å². The van der Waals surface area contributed by atoms with Crippen LogP contribution in [0.5, 0.6) is 0 Å². The van der Waals surface area contributed by atoms with Gasteiger partial charge in [0.1, 0.15) is 6.61 Å². The molecule has 0 bridgehead atoms. The van der Waals surface area contributed by atoms with Gasteiger partial charge in [0.05, 0.1) is 6.61 Å². The molecular formula is C19H21NO. The van der Waals surface area contributed by atoms with Crippen LogP contribution in [0.2, 0.25) is 0 Å². The van der Waals surface area contributed by atoms with Crippen LogP contribution < -0.4 is 5.32 Å². The number of rotatable bonds is 5. The molecule has 2 nitrogen and oxygen atoms in total. The van der Waals surface area contributed by atoms with Crippen molar-refractivity contribution in [3.05, 3.63) is 59.7 Å². The molecule has 0 atom stereocenters. The summed E-state index contributed by atoms with van der Waals surface area (Å²) in [5.41, 5.74) is 4.74. The van der Waals surface area contributed by atoms with Gasteiger partial charge in [0.15, 0.2) is 0 Å². The molecule has 0 heterocycles. The van der Waals surface area contributed by atoms with Crippen LogP contribution in [0.4, 0.5) is 0 Å². The Balaban J connectivity index is 1.93. The Bertz CT molecular complexity index is 603. The minimum absolute atomic E-state index is 0.474. The minimum atomic E-state index is 0.474. The fourth-order valence-corrected chi connectivity index (χ4v) is 1.93. The number of aryl methyl sites for hydroxylation is 1. The van der Waals surface area contributed by atoms with E-state index in [2.05, 4.69) is 72.6 Å². The first-order valence-corrected chi connectivity index (χ1v) is 7.18. The Kier molecular flexibility index (Phi) is 6.02. The molecular weight excluding hydrogens is 258 g/mol. The first kappa shape index (κ1) is 15.3. The largest absolute Gasteiger partial charge is 0.367 e. The number of ether oxygens (including phenoxy) is 1. The van der Waals surface area contributed by atoms with Gasteiger partial charge < -0.3 is 10.1 Å². The quantitative estimate of drug-likeness (QED) is 0.670. The summed E-state index contributed by atoms with van der Waals surface area (Å²) in [4.78, 5) is 0. The molecule has 0 aliphatic rings. The van der Waals surface area contributed by atoms with Crippen molar-refractivity contribution in [1.29, 1.82) is 0 Å². The number of nitrogens with one attached hydrogen (secondary N) is 1. The lowest BCUT2D eigenvalue weighted by molar-refractivity contribution is 0.170. The van der Waals surface area contributed by atoms with Crippen LogP contribution in [0.15, 0.2) is 48.5 Å². The van der Waals surface area contributed by atoms with E-state index in [0.717, 1.165) is 12.1 Å². The zero-order chi connectivity index (χ0) is 14.9. The van der Waals surface area contributed by atoms with Crippen molar-refractivity contribution in [1.82, 2.24) is 5.32 Å². The summed E-state index contributed by atoms with van der Waals surface area (Å²) in [5.74, 6) is 6.14. The molecule has 0 amide bonds. The lowest BCUT2D eigenvalue weighted by Crippen LogP contribution is -2.14. The molecule has 0 unspecified atom stereocenters. The van der Waals surface area contributed by atoms with E-state index in [1.54, 1.807) is 0 Å². The highest BCUT2D eigenvalue weighted by molar-refractivity contribution is 5.64. The molecule has 0 aliphatic carbocycles. The van der Waals surface area contributed by atoms with E-state index in [1.807, 2.05) is 7.05 Å². The van der Waals surface area contributed by atoms with E-state index in [-0.39, 0.29) is 0 Å². The first-order valence-electron chi connectivity index (χ1n) is 7.18. The normalized spacial score (nSPS) is 10.0. The predicted molar refractivity (Wildman–Crippen MR) is 88.2 cm³/mol. The molecule has 0 aliphatic heterocycles. The van der Waals surface area contributed by atoms with Crippen LogP contribution in [0, 0.1) is 18.8 Å². The Hall–Kier alpha value is -2.08. The van der Waals surface area contributed by atoms with Crippen LogP contribution >= 0.6 is 0 Å². The maximum absolute atomic E-state index is 5.36. The first-order chi connectivity index (χ1) is 10.3. The molecule has 1 N–H and O–H groups in total. The van der Waals surface area contributed by atoms with Gasteiger partial charge in [-0.25, -0.2) is 0 Å². The van der Waals surface area contributed by atoms with E-state index in [9.17, 15) is 0 Å². The summed E-state index contributed by atoms with van der Waals surface area (Å²) in [6, 6.07) is 16.9. The Morgan fingerprint density at radius 1 is 0.952 bits per heavy atom. The number of hydrogen-bond donors (Lipinski definition) is 1. The van der Waals surface area contributed by atoms with Crippen LogP contribution in [-0.4, -0.2) is 26.8 Å². The van der Waals surface area contributed by atoms with E-state index in [4.69, 9.17) is 4.74 Å². The second-order valence-electron chi connectivity index (χ2n) is 4.90. The smallest absolute Gasteiger partial charge is 0.108 e. The fraction of sp³-hybridized carbons (Fsp3) is 0.263. The summed E-state index contributed by atoms with van der Waals surface area (Å²) in [6.07, 6.45) is 0. The van der Waals surface area contributed by atoms with Gasteiger partial charge in [-0.1, -0.05) is 53.8 Å². The zero-order valence-corrected chi connectivity index (χ0v) is 12.6. The summed E-state index contributed by atoms with van der Waals surface area (Å²) >= 11 is 0. The van der Waals surface area contributed by atoms with E-state index < -0.39 is 0 Å². The SMILES string of the molecule is CNCCOCC#Cc1ccc(-c2ccc(C)cc2)cc1. The number of likely N-dealkylation sites (N-methyl/N-ethyl adjacent to an activating group) is 1.